The molecule has 3 heterocycles. The van der Waals surface area contributed by atoms with E-state index in [9.17, 15) is 9.90 Å². The molecule has 134 valence electrons. The molecule has 1 aliphatic heterocycles. The highest BCUT2D eigenvalue weighted by Gasteiger charge is 2.26. The van der Waals surface area contributed by atoms with Crippen LogP contribution in [0.1, 0.15) is 23.0 Å². The molecule has 0 bridgehead atoms. The topological polar surface area (TPSA) is 103 Å². The summed E-state index contributed by atoms with van der Waals surface area (Å²) in [6.07, 6.45) is 0. The summed E-state index contributed by atoms with van der Waals surface area (Å²) in [7, 11) is 0. The predicted molar refractivity (Wildman–Crippen MR) is 99.0 cm³/mol. The van der Waals surface area contributed by atoms with Crippen molar-refractivity contribution in [1.29, 1.82) is 0 Å². The van der Waals surface area contributed by atoms with E-state index in [-0.39, 0.29) is 17.7 Å². The Balaban J connectivity index is 1.77. The summed E-state index contributed by atoms with van der Waals surface area (Å²) in [5.41, 5.74) is 3.36. The zero-order chi connectivity index (χ0) is 18.3. The number of nitrogens with one attached hydrogen (secondary N) is 3. The summed E-state index contributed by atoms with van der Waals surface area (Å²) in [4.78, 5) is 17.6. The maximum absolute atomic E-state index is 13.0. The number of pyridine rings is 1. The van der Waals surface area contributed by atoms with E-state index in [4.69, 9.17) is 0 Å². The molecule has 7 heteroatoms. The van der Waals surface area contributed by atoms with Crippen molar-refractivity contribution in [2.45, 2.75) is 19.9 Å². The summed E-state index contributed by atoms with van der Waals surface area (Å²) < 4.78 is 0. The molecule has 4 rings (SSSR count). The van der Waals surface area contributed by atoms with Crippen LogP contribution in [-0.4, -0.2) is 45.3 Å². The third kappa shape index (κ3) is 2.90. The summed E-state index contributed by atoms with van der Waals surface area (Å²) in [6, 6.07) is 8.65. The highest BCUT2D eigenvalue weighted by Crippen LogP contribution is 2.27. The fraction of sp³-hybridized carbons (Fsp3) is 0.316. The van der Waals surface area contributed by atoms with Gasteiger partial charge >= 0.3 is 0 Å². The largest absolute Gasteiger partial charge is 0.508 e. The van der Waals surface area contributed by atoms with Crippen LogP contribution in [0.4, 0.5) is 0 Å². The number of rotatable bonds is 3. The SMILES string of the molecule is Cc1n[nH]c2nc(-c3ccc(O)cc3)cc(C(=O)NC3CNCC3C)c12. The number of aromatic hydroxyl groups is 1. The maximum Gasteiger partial charge on any atom is 0.252 e. The van der Waals surface area contributed by atoms with Gasteiger partial charge in [0.2, 0.25) is 0 Å². The lowest BCUT2D eigenvalue weighted by molar-refractivity contribution is 0.0934. The second kappa shape index (κ2) is 6.42. The number of aromatic amines is 1. The molecule has 1 aliphatic rings. The van der Waals surface area contributed by atoms with Crippen LogP contribution in [0.15, 0.2) is 30.3 Å². The van der Waals surface area contributed by atoms with Gasteiger partial charge in [-0.2, -0.15) is 5.10 Å². The van der Waals surface area contributed by atoms with Gasteiger partial charge in [0.25, 0.3) is 5.91 Å². The molecule has 26 heavy (non-hydrogen) atoms. The van der Waals surface area contributed by atoms with Crippen LogP contribution in [0.2, 0.25) is 0 Å². The molecule has 3 aromatic rings. The smallest absolute Gasteiger partial charge is 0.252 e. The van der Waals surface area contributed by atoms with Crippen LogP contribution in [0, 0.1) is 12.8 Å². The van der Waals surface area contributed by atoms with Crippen LogP contribution in [0.3, 0.4) is 0 Å². The number of H-pyrrole nitrogens is 1. The number of benzene rings is 1. The van der Waals surface area contributed by atoms with Crippen LogP contribution < -0.4 is 10.6 Å². The number of aryl methyl sites for hydroxylation is 1. The number of hydrogen-bond donors (Lipinski definition) is 4. The lowest BCUT2D eigenvalue weighted by atomic mass is 10.0. The normalized spacial score (nSPS) is 19.8. The molecule has 4 N–H and O–H groups in total. The van der Waals surface area contributed by atoms with E-state index in [1.807, 2.05) is 6.92 Å². The van der Waals surface area contributed by atoms with Gasteiger partial charge in [0.15, 0.2) is 5.65 Å². The van der Waals surface area contributed by atoms with Crippen molar-refractivity contribution in [3.05, 3.63) is 41.6 Å². The number of fused-ring (bicyclic) bond motifs is 1. The second-order valence-corrected chi connectivity index (χ2v) is 6.85. The molecule has 1 saturated heterocycles. The minimum atomic E-state index is -0.123. The van der Waals surface area contributed by atoms with Gasteiger partial charge in [-0.1, -0.05) is 6.92 Å². The number of nitrogens with zero attached hydrogens (tertiary/aromatic N) is 2. The maximum atomic E-state index is 13.0. The molecular weight excluding hydrogens is 330 g/mol. The number of carbonyl (C=O) groups is 1. The van der Waals surface area contributed by atoms with Gasteiger partial charge in [-0.3, -0.25) is 9.89 Å². The highest BCUT2D eigenvalue weighted by atomic mass is 16.3. The summed E-state index contributed by atoms with van der Waals surface area (Å²) in [5, 5.41) is 23.8. The molecule has 2 unspecified atom stereocenters. The molecule has 0 saturated carbocycles. The average molecular weight is 351 g/mol. The van der Waals surface area contributed by atoms with Gasteiger partial charge in [0.1, 0.15) is 5.75 Å². The van der Waals surface area contributed by atoms with Crippen molar-refractivity contribution in [3.8, 4) is 17.0 Å². The first kappa shape index (κ1) is 16.5. The summed E-state index contributed by atoms with van der Waals surface area (Å²) in [6.45, 7) is 5.66. The Morgan fingerprint density at radius 2 is 2.04 bits per heavy atom. The molecule has 0 spiro atoms. The zero-order valence-corrected chi connectivity index (χ0v) is 14.7. The van der Waals surface area contributed by atoms with Crippen LogP contribution >= 0.6 is 0 Å². The van der Waals surface area contributed by atoms with Crippen molar-refractivity contribution >= 4 is 16.9 Å². The Hall–Kier alpha value is -2.93. The van der Waals surface area contributed by atoms with Crippen molar-refractivity contribution in [3.63, 3.8) is 0 Å². The fourth-order valence-corrected chi connectivity index (χ4v) is 3.39. The Morgan fingerprint density at radius 1 is 1.27 bits per heavy atom. The van der Waals surface area contributed by atoms with E-state index in [1.165, 1.54) is 0 Å². The van der Waals surface area contributed by atoms with E-state index in [0.717, 1.165) is 29.7 Å². The van der Waals surface area contributed by atoms with Crippen molar-refractivity contribution < 1.29 is 9.90 Å². The lowest BCUT2D eigenvalue weighted by Crippen LogP contribution is -2.39. The van der Waals surface area contributed by atoms with Crippen molar-refractivity contribution in [1.82, 2.24) is 25.8 Å². The Bertz CT molecular complexity index is 964. The lowest BCUT2D eigenvalue weighted by Gasteiger charge is -2.17. The molecule has 0 radical (unpaired) electrons. The molecule has 0 aliphatic carbocycles. The quantitative estimate of drug-likeness (QED) is 0.578. The third-order valence-corrected chi connectivity index (χ3v) is 4.95. The van der Waals surface area contributed by atoms with Crippen LogP contribution in [-0.2, 0) is 0 Å². The molecule has 7 nitrogen and oxygen atoms in total. The molecule has 1 amide bonds. The first-order valence-electron chi connectivity index (χ1n) is 8.69. The summed E-state index contributed by atoms with van der Waals surface area (Å²) in [5.74, 6) is 0.452. The standard InChI is InChI=1S/C19H21N5O2/c1-10-8-20-9-16(10)22-19(26)14-7-15(12-3-5-13(25)6-4-12)21-18-17(14)11(2)23-24-18/h3-7,10,16,20,25H,8-9H2,1-2H3,(H,22,26)(H,21,23,24). The monoisotopic (exact) mass is 351 g/mol. The minimum Gasteiger partial charge on any atom is -0.508 e. The van der Waals surface area contributed by atoms with Crippen molar-refractivity contribution in [2.75, 3.05) is 13.1 Å². The second-order valence-electron chi connectivity index (χ2n) is 6.85. The summed E-state index contributed by atoms with van der Waals surface area (Å²) >= 11 is 0. The average Bonchev–Trinajstić information content (AvgIpc) is 3.21. The van der Waals surface area contributed by atoms with Gasteiger partial charge < -0.3 is 15.7 Å². The predicted octanol–water partition coefficient (Wildman–Crippen LogP) is 1.98. The van der Waals surface area contributed by atoms with Gasteiger partial charge in [-0.15, -0.1) is 0 Å². The van der Waals surface area contributed by atoms with Crippen LogP contribution in [0.25, 0.3) is 22.3 Å². The third-order valence-electron chi connectivity index (χ3n) is 4.95. The Morgan fingerprint density at radius 3 is 2.73 bits per heavy atom. The number of aromatic nitrogens is 3. The van der Waals surface area contributed by atoms with E-state index < -0.39 is 0 Å². The van der Waals surface area contributed by atoms with E-state index in [2.05, 4.69) is 32.7 Å². The van der Waals surface area contributed by atoms with Gasteiger partial charge in [-0.25, -0.2) is 4.98 Å². The fourth-order valence-electron chi connectivity index (χ4n) is 3.39. The number of phenols is 1. The number of amides is 1. The zero-order valence-electron chi connectivity index (χ0n) is 14.7. The minimum absolute atomic E-state index is 0.107. The molecule has 1 aromatic carbocycles. The Labute approximate surface area is 150 Å². The van der Waals surface area contributed by atoms with Gasteiger partial charge in [0, 0.05) is 18.2 Å². The highest BCUT2D eigenvalue weighted by molar-refractivity contribution is 6.07. The van der Waals surface area contributed by atoms with E-state index in [0.29, 0.717) is 22.8 Å². The first-order chi connectivity index (χ1) is 12.5. The number of carbonyl (C=O) groups excluding carboxylic acids is 1. The number of hydrogen-bond acceptors (Lipinski definition) is 5. The van der Waals surface area contributed by atoms with E-state index >= 15 is 0 Å². The van der Waals surface area contributed by atoms with Crippen LogP contribution in [0.5, 0.6) is 5.75 Å². The first-order valence-corrected chi connectivity index (χ1v) is 8.69. The molecule has 2 aromatic heterocycles. The number of phenolic OH excluding ortho intramolecular Hbond substituents is 1. The van der Waals surface area contributed by atoms with Gasteiger partial charge in [0.05, 0.1) is 22.3 Å². The molecular formula is C19H21N5O2. The molecule has 2 atom stereocenters. The molecule has 1 fully saturated rings. The Kier molecular flexibility index (Phi) is 4.08. The van der Waals surface area contributed by atoms with E-state index in [1.54, 1.807) is 30.3 Å². The van der Waals surface area contributed by atoms with Gasteiger partial charge in [-0.05, 0) is 49.7 Å². The van der Waals surface area contributed by atoms with Crippen molar-refractivity contribution in [2.24, 2.45) is 5.92 Å².